The topological polar surface area (TPSA) is 74.2 Å². The number of methoxy groups -OCH3 is 1. The van der Waals surface area contributed by atoms with E-state index in [0.29, 0.717) is 25.9 Å². The molecule has 2 aliphatic heterocycles. The van der Waals surface area contributed by atoms with Crippen molar-refractivity contribution in [3.63, 3.8) is 0 Å². The summed E-state index contributed by atoms with van der Waals surface area (Å²) < 4.78 is 51.5. The van der Waals surface area contributed by atoms with Gasteiger partial charge in [0, 0.05) is 32.0 Å². The average Bonchev–Trinajstić information content (AvgIpc) is 3.07. The molecule has 27 heavy (non-hydrogen) atoms. The molecule has 0 bridgehead atoms. The van der Waals surface area contributed by atoms with Gasteiger partial charge in [0.1, 0.15) is 5.76 Å². The molecule has 0 aromatic heterocycles. The molecule has 2 saturated heterocycles. The van der Waals surface area contributed by atoms with Gasteiger partial charge in [-0.1, -0.05) is 0 Å². The lowest BCUT2D eigenvalue weighted by molar-refractivity contribution is -0.202. The molecular weight excluding hydrogens is 362 g/mol. The first-order valence-electron chi connectivity index (χ1n) is 9.65. The molecule has 6 atom stereocenters. The van der Waals surface area contributed by atoms with E-state index < -0.39 is 36.3 Å². The van der Waals surface area contributed by atoms with Crippen molar-refractivity contribution in [2.75, 3.05) is 20.3 Å². The lowest BCUT2D eigenvalue weighted by atomic mass is 9.90. The molecule has 2 heterocycles. The number of halogens is 2. The highest BCUT2D eigenvalue weighted by atomic mass is 19.2. The number of unbranched alkanes of at least 4 members (excludes halogenated alkanes) is 1. The molecule has 2 unspecified atom stereocenters. The molecule has 0 aromatic rings. The van der Waals surface area contributed by atoms with Gasteiger partial charge in [0.15, 0.2) is 12.5 Å². The Morgan fingerprint density at radius 3 is 2.93 bits per heavy atom. The molecule has 0 radical (unpaired) electrons. The van der Waals surface area contributed by atoms with Crippen LogP contribution >= 0.6 is 0 Å². The summed E-state index contributed by atoms with van der Waals surface area (Å²) in [6.45, 7) is 0.208. The van der Waals surface area contributed by atoms with Gasteiger partial charge >= 0.3 is 5.97 Å². The maximum atomic E-state index is 15.3. The van der Waals surface area contributed by atoms with Gasteiger partial charge < -0.3 is 24.1 Å². The van der Waals surface area contributed by atoms with Crippen LogP contribution in [0.2, 0.25) is 0 Å². The first-order valence-corrected chi connectivity index (χ1v) is 9.65. The minimum atomic E-state index is -2.19. The summed E-state index contributed by atoms with van der Waals surface area (Å²) in [4.78, 5) is 11.1. The largest absolute Gasteiger partial charge is 0.469 e. The number of alkyl halides is 2. The van der Waals surface area contributed by atoms with E-state index in [9.17, 15) is 14.3 Å². The van der Waals surface area contributed by atoms with Crippen molar-refractivity contribution in [2.45, 2.75) is 69.4 Å². The zero-order chi connectivity index (χ0) is 19.4. The van der Waals surface area contributed by atoms with Crippen molar-refractivity contribution in [1.82, 2.24) is 0 Å². The minimum absolute atomic E-state index is 0.0572. The first-order chi connectivity index (χ1) is 13.0. The van der Waals surface area contributed by atoms with Gasteiger partial charge in [0.25, 0.3) is 5.85 Å². The smallest absolute Gasteiger partial charge is 0.305 e. The highest BCUT2D eigenvalue weighted by molar-refractivity contribution is 5.69. The molecule has 3 rings (SSSR count). The molecule has 6 nitrogen and oxygen atoms in total. The van der Waals surface area contributed by atoms with Crippen molar-refractivity contribution < 1.29 is 37.6 Å². The van der Waals surface area contributed by atoms with Crippen LogP contribution in [0.1, 0.15) is 44.9 Å². The number of esters is 1. The standard InChI is InChI=1S/C19H28F2O6/c1-24-15(23)7-3-2-6-13-18(20)17-12(11-22)14(10-19(17,21)27-13)26-16-8-4-5-9-25-16/h6,12,14,16-18,22H,2-5,7-11H2,1H3/t12-,14-,16?,17-,18?,19-/m1/s1. The van der Waals surface area contributed by atoms with E-state index in [1.165, 1.54) is 13.2 Å². The van der Waals surface area contributed by atoms with Crippen molar-refractivity contribution in [3.05, 3.63) is 11.8 Å². The number of rotatable bonds is 7. The second-order valence-corrected chi connectivity index (χ2v) is 7.41. The third kappa shape index (κ3) is 4.43. The second-order valence-electron chi connectivity index (χ2n) is 7.41. The third-order valence-electron chi connectivity index (χ3n) is 5.62. The molecule has 0 amide bonds. The fourth-order valence-electron chi connectivity index (χ4n) is 4.23. The quantitative estimate of drug-likeness (QED) is 0.532. The van der Waals surface area contributed by atoms with Crippen molar-refractivity contribution in [2.24, 2.45) is 11.8 Å². The number of hydrogen-bond acceptors (Lipinski definition) is 6. The van der Waals surface area contributed by atoms with Gasteiger partial charge in [0.05, 0.1) is 19.1 Å². The van der Waals surface area contributed by atoms with Gasteiger partial charge in [-0.05, 0) is 38.2 Å². The summed E-state index contributed by atoms with van der Waals surface area (Å²) in [6.07, 6.45) is 2.31. The fourth-order valence-corrected chi connectivity index (χ4v) is 4.23. The number of aliphatic hydroxyl groups excluding tert-OH is 1. The Bertz CT molecular complexity index is 550. The van der Waals surface area contributed by atoms with E-state index in [4.69, 9.17) is 14.2 Å². The lowest BCUT2D eigenvalue weighted by Gasteiger charge is -2.29. The monoisotopic (exact) mass is 390 g/mol. The lowest BCUT2D eigenvalue weighted by Crippen LogP contribution is -2.35. The summed E-state index contributed by atoms with van der Waals surface area (Å²) in [5, 5.41) is 9.75. The van der Waals surface area contributed by atoms with Crippen LogP contribution in [0.4, 0.5) is 8.78 Å². The van der Waals surface area contributed by atoms with Crippen molar-refractivity contribution >= 4 is 5.97 Å². The number of ether oxygens (including phenoxy) is 4. The van der Waals surface area contributed by atoms with Crippen LogP contribution < -0.4 is 0 Å². The van der Waals surface area contributed by atoms with Crippen LogP contribution in [-0.4, -0.2) is 55.8 Å². The predicted octanol–water partition coefficient (Wildman–Crippen LogP) is 2.79. The SMILES string of the molecule is COC(=O)CCCC=C1O[C@]2(F)C[C@@H](OC3CCCCO3)[C@@H](CO)[C@@H]2C1F. The van der Waals surface area contributed by atoms with E-state index in [1.54, 1.807) is 0 Å². The molecule has 154 valence electrons. The van der Waals surface area contributed by atoms with E-state index in [2.05, 4.69) is 4.74 Å². The molecule has 1 aliphatic carbocycles. The highest BCUT2D eigenvalue weighted by Crippen LogP contribution is 2.55. The normalized spacial score (nSPS) is 40.0. The Labute approximate surface area is 157 Å². The Balaban J connectivity index is 1.61. The molecule has 8 heteroatoms. The molecule has 3 aliphatic rings. The molecule has 1 N–H and O–H groups in total. The van der Waals surface area contributed by atoms with Crippen LogP contribution in [0.15, 0.2) is 11.8 Å². The van der Waals surface area contributed by atoms with Gasteiger partial charge in [-0.25, -0.2) is 4.39 Å². The third-order valence-corrected chi connectivity index (χ3v) is 5.62. The summed E-state index contributed by atoms with van der Waals surface area (Å²) >= 11 is 0. The summed E-state index contributed by atoms with van der Waals surface area (Å²) in [5.41, 5.74) is 0. The first kappa shape index (κ1) is 20.5. The second kappa shape index (κ2) is 8.84. The maximum Gasteiger partial charge on any atom is 0.305 e. The molecule has 0 spiro atoms. The van der Waals surface area contributed by atoms with Gasteiger partial charge in [-0.2, -0.15) is 4.39 Å². The zero-order valence-electron chi connectivity index (χ0n) is 15.6. The van der Waals surface area contributed by atoms with E-state index in [-0.39, 0.29) is 31.2 Å². The number of allylic oxidation sites excluding steroid dienone is 2. The Kier molecular flexibility index (Phi) is 6.70. The average molecular weight is 390 g/mol. The summed E-state index contributed by atoms with van der Waals surface area (Å²) in [6, 6.07) is 0. The number of fused-ring (bicyclic) bond motifs is 1. The van der Waals surface area contributed by atoms with Crippen molar-refractivity contribution in [1.29, 1.82) is 0 Å². The molecular formula is C19H28F2O6. The molecule has 0 aromatic carbocycles. The summed E-state index contributed by atoms with van der Waals surface area (Å²) in [7, 11) is 1.30. The Morgan fingerprint density at radius 1 is 1.44 bits per heavy atom. The summed E-state index contributed by atoms with van der Waals surface area (Å²) in [5.74, 6) is -4.40. The molecule has 3 fully saturated rings. The highest BCUT2D eigenvalue weighted by Gasteiger charge is 2.65. The van der Waals surface area contributed by atoms with Gasteiger partial charge in [-0.15, -0.1) is 0 Å². The van der Waals surface area contributed by atoms with Gasteiger partial charge in [-0.3, -0.25) is 4.79 Å². The number of carbonyl (C=O) groups is 1. The zero-order valence-corrected chi connectivity index (χ0v) is 15.6. The molecule has 1 saturated carbocycles. The maximum absolute atomic E-state index is 15.3. The van der Waals surface area contributed by atoms with Crippen LogP contribution in [-0.2, 0) is 23.7 Å². The minimum Gasteiger partial charge on any atom is -0.469 e. The van der Waals surface area contributed by atoms with Gasteiger partial charge in [0.2, 0.25) is 0 Å². The van der Waals surface area contributed by atoms with Crippen LogP contribution in [0.25, 0.3) is 0 Å². The van der Waals surface area contributed by atoms with Crippen LogP contribution in [0, 0.1) is 11.8 Å². The number of carbonyl (C=O) groups excluding carboxylic acids is 1. The van der Waals surface area contributed by atoms with E-state index in [0.717, 1.165) is 12.8 Å². The van der Waals surface area contributed by atoms with E-state index in [1.807, 2.05) is 0 Å². The van der Waals surface area contributed by atoms with Crippen LogP contribution in [0.5, 0.6) is 0 Å². The fraction of sp³-hybridized carbons (Fsp3) is 0.842. The number of aliphatic hydroxyl groups is 1. The Hall–Kier alpha value is -1.25. The number of hydrogen-bond donors (Lipinski definition) is 1. The Morgan fingerprint density at radius 2 is 2.26 bits per heavy atom. The predicted molar refractivity (Wildman–Crippen MR) is 90.9 cm³/mol. The van der Waals surface area contributed by atoms with Crippen LogP contribution in [0.3, 0.4) is 0 Å². The van der Waals surface area contributed by atoms with E-state index >= 15 is 4.39 Å². The van der Waals surface area contributed by atoms with Crippen molar-refractivity contribution in [3.8, 4) is 0 Å².